The van der Waals surface area contributed by atoms with Gasteiger partial charge in [-0.15, -0.1) is 0 Å². The van der Waals surface area contributed by atoms with E-state index < -0.39 is 0 Å². The van der Waals surface area contributed by atoms with E-state index >= 15 is 0 Å². The highest BCUT2D eigenvalue weighted by atomic mass is 16.5. The third-order valence-electron chi connectivity index (χ3n) is 4.02. The highest BCUT2D eigenvalue weighted by Crippen LogP contribution is 2.15. The van der Waals surface area contributed by atoms with E-state index in [-0.39, 0.29) is 5.97 Å². The van der Waals surface area contributed by atoms with Gasteiger partial charge in [0.2, 0.25) is 0 Å². The van der Waals surface area contributed by atoms with Crippen LogP contribution < -0.4 is 0 Å². The summed E-state index contributed by atoms with van der Waals surface area (Å²) in [4.78, 5) is 11.2. The van der Waals surface area contributed by atoms with Crippen LogP contribution in [-0.2, 0) is 9.53 Å². The molecule has 0 saturated heterocycles. The number of hydrogen-bond donors (Lipinski definition) is 0. The van der Waals surface area contributed by atoms with Gasteiger partial charge in [0.1, 0.15) is 0 Å². The lowest BCUT2D eigenvalue weighted by Crippen LogP contribution is -2.06. The normalized spacial score (nSPS) is 13.7. The average molecular weight is 321 g/mol. The molecule has 1 atom stereocenters. The predicted molar refractivity (Wildman–Crippen MR) is 100 cm³/mol. The zero-order valence-electron chi connectivity index (χ0n) is 16.1. The van der Waals surface area contributed by atoms with Crippen molar-refractivity contribution in [2.45, 2.75) is 79.6 Å². The quantitative estimate of drug-likeness (QED) is 0.326. The summed E-state index contributed by atoms with van der Waals surface area (Å²) in [6.45, 7) is 10.8. The van der Waals surface area contributed by atoms with Gasteiger partial charge in [-0.25, -0.2) is 0 Å². The molecule has 23 heavy (non-hydrogen) atoms. The molecule has 0 saturated carbocycles. The van der Waals surface area contributed by atoms with Crippen molar-refractivity contribution in [1.29, 1.82) is 0 Å². The van der Waals surface area contributed by atoms with Crippen LogP contribution in [-0.4, -0.2) is 13.1 Å². The lowest BCUT2D eigenvalue weighted by Gasteiger charge is -2.08. The largest absolute Gasteiger partial charge is 0.469 e. The number of methoxy groups -OCH3 is 1. The van der Waals surface area contributed by atoms with Crippen molar-refractivity contribution in [2.75, 3.05) is 7.11 Å². The summed E-state index contributed by atoms with van der Waals surface area (Å²) < 4.78 is 4.70. The smallest absolute Gasteiger partial charge is 0.305 e. The predicted octanol–water partition coefficient (Wildman–Crippen LogP) is 6.39. The van der Waals surface area contributed by atoms with Gasteiger partial charge >= 0.3 is 5.97 Å². The Kier molecular flexibility index (Phi) is 12.4. The van der Waals surface area contributed by atoms with Gasteiger partial charge in [0.15, 0.2) is 0 Å². The summed E-state index contributed by atoms with van der Waals surface area (Å²) in [6.07, 6.45) is 14.2. The van der Waals surface area contributed by atoms with Gasteiger partial charge in [0, 0.05) is 6.42 Å². The molecular weight excluding hydrogens is 284 g/mol. The second kappa shape index (κ2) is 13.2. The molecule has 0 aromatic rings. The van der Waals surface area contributed by atoms with Crippen LogP contribution in [0.15, 0.2) is 34.9 Å². The van der Waals surface area contributed by atoms with Crippen molar-refractivity contribution in [3.8, 4) is 0 Å². The Balaban J connectivity index is 3.93. The van der Waals surface area contributed by atoms with Crippen molar-refractivity contribution >= 4 is 5.97 Å². The van der Waals surface area contributed by atoms with Gasteiger partial charge in [-0.3, -0.25) is 4.79 Å². The average Bonchev–Trinajstić information content (AvgIpc) is 2.46. The second-order valence-electron chi connectivity index (χ2n) is 6.92. The fraction of sp³-hybridized carbons (Fsp3) is 0.667. The van der Waals surface area contributed by atoms with Gasteiger partial charge in [-0.05, 0) is 72.1 Å². The Bertz CT molecular complexity index is 423. The first-order valence-corrected chi connectivity index (χ1v) is 8.86. The van der Waals surface area contributed by atoms with Gasteiger partial charge in [0.05, 0.1) is 7.11 Å². The Morgan fingerprint density at radius 1 is 0.913 bits per heavy atom. The molecule has 0 fully saturated rings. The van der Waals surface area contributed by atoms with E-state index in [0.29, 0.717) is 12.3 Å². The fourth-order valence-corrected chi connectivity index (χ4v) is 2.42. The summed E-state index contributed by atoms with van der Waals surface area (Å²) in [6, 6.07) is 0. The van der Waals surface area contributed by atoms with Crippen LogP contribution in [0.5, 0.6) is 0 Å². The van der Waals surface area contributed by atoms with Crippen LogP contribution in [0.4, 0.5) is 0 Å². The summed E-state index contributed by atoms with van der Waals surface area (Å²) in [5.74, 6) is 0.288. The van der Waals surface area contributed by atoms with E-state index in [1.54, 1.807) is 0 Å². The number of hydrogen-bond acceptors (Lipinski definition) is 2. The second-order valence-corrected chi connectivity index (χ2v) is 6.92. The van der Waals surface area contributed by atoms with Crippen molar-refractivity contribution in [3.05, 3.63) is 34.9 Å². The molecule has 0 N–H and O–H groups in total. The Morgan fingerprint density at radius 2 is 1.43 bits per heavy atom. The highest BCUT2D eigenvalue weighted by Gasteiger charge is 2.07. The molecule has 0 rings (SSSR count). The maximum Gasteiger partial charge on any atom is 0.305 e. The van der Waals surface area contributed by atoms with E-state index in [9.17, 15) is 4.79 Å². The monoisotopic (exact) mass is 320 g/mol. The molecule has 1 unspecified atom stereocenters. The van der Waals surface area contributed by atoms with Gasteiger partial charge in [-0.2, -0.15) is 0 Å². The van der Waals surface area contributed by atoms with Crippen molar-refractivity contribution in [1.82, 2.24) is 0 Å². The van der Waals surface area contributed by atoms with Gasteiger partial charge < -0.3 is 4.74 Å². The van der Waals surface area contributed by atoms with Crippen LogP contribution in [0.3, 0.4) is 0 Å². The third-order valence-corrected chi connectivity index (χ3v) is 4.02. The lowest BCUT2D eigenvalue weighted by atomic mass is 10.00. The van der Waals surface area contributed by atoms with E-state index in [4.69, 9.17) is 4.74 Å². The van der Waals surface area contributed by atoms with Gasteiger partial charge in [0.25, 0.3) is 0 Å². The molecule has 0 aliphatic heterocycles. The number of esters is 1. The maximum atomic E-state index is 11.2. The van der Waals surface area contributed by atoms with Crippen molar-refractivity contribution in [3.63, 3.8) is 0 Å². The summed E-state index contributed by atoms with van der Waals surface area (Å²) in [5.41, 5.74) is 4.34. The van der Waals surface area contributed by atoms with E-state index in [1.807, 2.05) is 0 Å². The van der Waals surface area contributed by atoms with E-state index in [0.717, 1.165) is 32.1 Å². The number of ether oxygens (including phenoxy) is 1. The number of allylic oxidation sites excluding steroid dienone is 6. The Labute approximate surface area is 143 Å². The summed E-state index contributed by atoms with van der Waals surface area (Å²) in [5, 5.41) is 0. The molecule has 0 aliphatic rings. The van der Waals surface area contributed by atoms with E-state index in [1.165, 1.54) is 30.2 Å². The topological polar surface area (TPSA) is 26.3 Å². The molecular formula is C21H36O2. The van der Waals surface area contributed by atoms with Crippen LogP contribution in [0.25, 0.3) is 0 Å². The molecule has 0 heterocycles. The minimum Gasteiger partial charge on any atom is -0.469 e. The standard InChI is InChI=1S/C21H36O2/c1-17(2)10-7-11-18(3)12-8-13-19(4)14-9-15-20(5)16-21(22)23-6/h10,12,14,20H,7-9,11,13,15-16H2,1-6H3/b18-12+,19-14+. The molecule has 0 spiro atoms. The molecule has 0 aliphatic carbocycles. The molecule has 0 aromatic carbocycles. The van der Waals surface area contributed by atoms with Crippen LogP contribution in [0, 0.1) is 5.92 Å². The Hall–Kier alpha value is -1.31. The van der Waals surface area contributed by atoms with Crippen LogP contribution >= 0.6 is 0 Å². The minimum absolute atomic E-state index is 0.105. The summed E-state index contributed by atoms with van der Waals surface area (Å²) >= 11 is 0. The molecule has 0 aromatic heterocycles. The first kappa shape index (κ1) is 21.7. The SMILES string of the molecule is COC(=O)CC(C)CC/C=C(\C)CC/C=C(\C)CCC=C(C)C. The van der Waals surface area contributed by atoms with E-state index in [2.05, 4.69) is 52.8 Å². The molecule has 0 bridgehead atoms. The van der Waals surface area contributed by atoms with Gasteiger partial charge in [-0.1, -0.05) is 41.9 Å². The molecule has 0 amide bonds. The number of carbonyl (C=O) groups is 1. The fourth-order valence-electron chi connectivity index (χ4n) is 2.42. The highest BCUT2D eigenvalue weighted by molar-refractivity contribution is 5.69. The molecule has 0 radical (unpaired) electrons. The minimum atomic E-state index is -0.105. The van der Waals surface area contributed by atoms with Crippen molar-refractivity contribution in [2.24, 2.45) is 5.92 Å². The maximum absolute atomic E-state index is 11.2. The third kappa shape index (κ3) is 14.0. The molecule has 2 nitrogen and oxygen atoms in total. The Morgan fingerprint density at radius 3 is 1.96 bits per heavy atom. The zero-order valence-corrected chi connectivity index (χ0v) is 16.1. The first-order chi connectivity index (χ1) is 10.8. The molecule has 2 heteroatoms. The number of carbonyl (C=O) groups excluding carboxylic acids is 1. The van der Waals surface area contributed by atoms with Crippen LogP contribution in [0.1, 0.15) is 79.6 Å². The van der Waals surface area contributed by atoms with Crippen molar-refractivity contribution < 1.29 is 9.53 Å². The lowest BCUT2D eigenvalue weighted by molar-refractivity contribution is -0.141. The zero-order chi connectivity index (χ0) is 17.7. The summed E-state index contributed by atoms with van der Waals surface area (Å²) in [7, 11) is 1.45. The number of rotatable bonds is 11. The molecule has 132 valence electrons. The van der Waals surface area contributed by atoms with Crippen LogP contribution in [0.2, 0.25) is 0 Å². The first-order valence-electron chi connectivity index (χ1n) is 8.86.